The minimum atomic E-state index is 0.0817. The van der Waals surface area contributed by atoms with E-state index in [2.05, 4.69) is 6.92 Å². The molecule has 1 saturated heterocycles. The Morgan fingerprint density at radius 2 is 2.45 bits per heavy atom. The van der Waals surface area contributed by atoms with E-state index in [9.17, 15) is 4.79 Å². The van der Waals surface area contributed by atoms with Gasteiger partial charge in [0.25, 0.3) is 0 Å². The zero-order valence-electron chi connectivity index (χ0n) is 6.85. The molecular weight excluding hydrogens is 162 g/mol. The number of alkyl halides is 1. The number of hydrogen-bond donors (Lipinski definition) is 0. The topological polar surface area (TPSA) is 20.3 Å². The molecule has 0 aromatic heterocycles. The van der Waals surface area contributed by atoms with Gasteiger partial charge in [0.05, 0.1) is 0 Å². The molecule has 0 spiro atoms. The summed E-state index contributed by atoms with van der Waals surface area (Å²) >= 11 is 5.44. The highest BCUT2D eigenvalue weighted by Gasteiger charge is 2.19. The van der Waals surface area contributed by atoms with Crippen LogP contribution < -0.4 is 0 Å². The second-order valence-corrected chi connectivity index (χ2v) is 3.49. The summed E-state index contributed by atoms with van der Waals surface area (Å²) in [5, 5.41) is 0. The number of amides is 1. The van der Waals surface area contributed by atoms with Gasteiger partial charge in [-0.25, -0.2) is 0 Å². The van der Waals surface area contributed by atoms with E-state index >= 15 is 0 Å². The summed E-state index contributed by atoms with van der Waals surface area (Å²) in [6.07, 6.45) is 2.37. The molecule has 0 aromatic carbocycles. The Labute approximate surface area is 72.5 Å². The maximum absolute atomic E-state index is 11.1. The third-order valence-electron chi connectivity index (χ3n) is 2.12. The second-order valence-electron chi connectivity index (χ2n) is 3.22. The van der Waals surface area contributed by atoms with Crippen LogP contribution in [-0.4, -0.2) is 29.8 Å². The lowest BCUT2D eigenvalue weighted by Crippen LogP contribution is -2.39. The average molecular weight is 176 g/mol. The van der Waals surface area contributed by atoms with E-state index in [1.165, 1.54) is 6.42 Å². The van der Waals surface area contributed by atoms with E-state index in [4.69, 9.17) is 11.6 Å². The fourth-order valence-corrected chi connectivity index (χ4v) is 1.67. The van der Waals surface area contributed by atoms with Crippen molar-refractivity contribution in [3.8, 4) is 0 Å². The number of nitrogens with zero attached hydrogens (tertiary/aromatic N) is 1. The van der Waals surface area contributed by atoms with E-state index in [0.717, 1.165) is 19.5 Å². The number of piperidine rings is 1. The van der Waals surface area contributed by atoms with Gasteiger partial charge in [-0.15, -0.1) is 11.6 Å². The van der Waals surface area contributed by atoms with Crippen molar-refractivity contribution in [2.24, 2.45) is 5.92 Å². The predicted molar refractivity (Wildman–Crippen MR) is 45.7 cm³/mol. The first kappa shape index (κ1) is 8.85. The van der Waals surface area contributed by atoms with E-state index in [0.29, 0.717) is 5.92 Å². The number of likely N-dealkylation sites (tertiary alicyclic amines) is 1. The third kappa shape index (κ3) is 2.37. The van der Waals surface area contributed by atoms with E-state index in [1.807, 2.05) is 4.90 Å². The van der Waals surface area contributed by atoms with Crippen LogP contribution in [-0.2, 0) is 4.79 Å². The minimum Gasteiger partial charge on any atom is -0.341 e. The van der Waals surface area contributed by atoms with Gasteiger partial charge in [-0.3, -0.25) is 4.79 Å². The van der Waals surface area contributed by atoms with Crippen molar-refractivity contribution in [2.75, 3.05) is 19.0 Å². The van der Waals surface area contributed by atoms with Crippen LogP contribution in [0.15, 0.2) is 0 Å². The summed E-state index contributed by atoms with van der Waals surface area (Å²) in [6.45, 7) is 3.97. The summed E-state index contributed by atoms with van der Waals surface area (Å²) in [4.78, 5) is 13.0. The summed E-state index contributed by atoms with van der Waals surface area (Å²) in [7, 11) is 0. The molecule has 0 saturated carbocycles. The van der Waals surface area contributed by atoms with Gasteiger partial charge >= 0.3 is 0 Å². The zero-order chi connectivity index (χ0) is 8.27. The van der Waals surface area contributed by atoms with Crippen molar-refractivity contribution in [3.63, 3.8) is 0 Å². The van der Waals surface area contributed by atoms with Gasteiger partial charge < -0.3 is 4.90 Å². The van der Waals surface area contributed by atoms with Gasteiger partial charge in [0, 0.05) is 13.1 Å². The molecule has 1 atom stereocenters. The monoisotopic (exact) mass is 175 g/mol. The van der Waals surface area contributed by atoms with Crippen molar-refractivity contribution in [2.45, 2.75) is 19.8 Å². The molecule has 64 valence electrons. The molecule has 0 N–H and O–H groups in total. The lowest BCUT2D eigenvalue weighted by molar-refractivity contribution is -0.130. The lowest BCUT2D eigenvalue weighted by atomic mass is 10.0. The van der Waals surface area contributed by atoms with Gasteiger partial charge in [0.15, 0.2) is 0 Å². The molecule has 0 aliphatic carbocycles. The smallest absolute Gasteiger partial charge is 0.237 e. The molecule has 0 bridgehead atoms. The van der Waals surface area contributed by atoms with Gasteiger partial charge in [-0.1, -0.05) is 6.92 Å². The van der Waals surface area contributed by atoms with Crippen molar-refractivity contribution in [1.82, 2.24) is 4.90 Å². The molecule has 2 nitrogen and oxygen atoms in total. The number of hydrogen-bond acceptors (Lipinski definition) is 1. The number of rotatable bonds is 1. The van der Waals surface area contributed by atoms with Crippen molar-refractivity contribution in [1.29, 1.82) is 0 Å². The summed E-state index contributed by atoms with van der Waals surface area (Å²) < 4.78 is 0. The van der Waals surface area contributed by atoms with Crippen molar-refractivity contribution >= 4 is 17.5 Å². The third-order valence-corrected chi connectivity index (χ3v) is 2.35. The number of carbonyl (C=O) groups is 1. The number of halogens is 1. The molecule has 1 fully saturated rings. The highest BCUT2D eigenvalue weighted by Crippen LogP contribution is 2.15. The molecule has 1 heterocycles. The molecule has 0 radical (unpaired) electrons. The van der Waals surface area contributed by atoms with E-state index < -0.39 is 0 Å². The SMILES string of the molecule is C[C@@H]1CCCN(C(=O)CCl)C1. The van der Waals surface area contributed by atoms with Crippen LogP contribution in [0.25, 0.3) is 0 Å². The van der Waals surface area contributed by atoms with Crippen LogP contribution in [0.2, 0.25) is 0 Å². The van der Waals surface area contributed by atoms with Gasteiger partial charge in [-0.2, -0.15) is 0 Å². The minimum absolute atomic E-state index is 0.0817. The van der Waals surface area contributed by atoms with Crippen LogP contribution in [0, 0.1) is 5.92 Å². The van der Waals surface area contributed by atoms with Crippen LogP contribution >= 0.6 is 11.6 Å². The van der Waals surface area contributed by atoms with Gasteiger partial charge in [-0.05, 0) is 18.8 Å². The van der Waals surface area contributed by atoms with Gasteiger partial charge in [0.2, 0.25) is 5.91 Å². The largest absolute Gasteiger partial charge is 0.341 e. The molecule has 1 amide bonds. The molecule has 0 unspecified atom stereocenters. The molecule has 1 aliphatic heterocycles. The Morgan fingerprint density at radius 1 is 1.73 bits per heavy atom. The lowest BCUT2D eigenvalue weighted by Gasteiger charge is -2.30. The second kappa shape index (κ2) is 3.96. The standard InChI is InChI=1S/C8H14ClNO/c1-7-3-2-4-10(6-7)8(11)5-9/h7H,2-6H2,1H3/t7-/m1/s1. The summed E-state index contributed by atoms with van der Waals surface area (Å²) in [6, 6.07) is 0. The Hall–Kier alpha value is -0.240. The molecular formula is C8H14ClNO. The van der Waals surface area contributed by atoms with Crippen molar-refractivity contribution < 1.29 is 4.79 Å². The Morgan fingerprint density at radius 3 is 3.00 bits per heavy atom. The highest BCUT2D eigenvalue weighted by atomic mass is 35.5. The highest BCUT2D eigenvalue weighted by molar-refractivity contribution is 6.27. The quantitative estimate of drug-likeness (QED) is 0.553. The Balaban J connectivity index is 2.39. The van der Waals surface area contributed by atoms with Crippen LogP contribution in [0.4, 0.5) is 0 Å². The summed E-state index contributed by atoms with van der Waals surface area (Å²) in [5.74, 6) is 0.862. The molecule has 11 heavy (non-hydrogen) atoms. The van der Waals surface area contributed by atoms with E-state index in [1.54, 1.807) is 0 Å². The molecule has 0 aromatic rings. The van der Waals surface area contributed by atoms with Gasteiger partial charge in [0.1, 0.15) is 5.88 Å². The predicted octanol–water partition coefficient (Wildman–Crippen LogP) is 1.48. The van der Waals surface area contributed by atoms with Crippen LogP contribution in [0.5, 0.6) is 0 Å². The maximum Gasteiger partial charge on any atom is 0.237 e. The van der Waals surface area contributed by atoms with Crippen LogP contribution in [0.3, 0.4) is 0 Å². The molecule has 1 aliphatic rings. The number of carbonyl (C=O) groups excluding carboxylic acids is 1. The van der Waals surface area contributed by atoms with E-state index in [-0.39, 0.29) is 11.8 Å². The molecule has 1 rings (SSSR count). The maximum atomic E-state index is 11.1. The Kier molecular flexibility index (Phi) is 3.18. The first-order chi connectivity index (χ1) is 5.24. The molecule has 3 heteroatoms. The Bertz CT molecular complexity index is 149. The summed E-state index contributed by atoms with van der Waals surface area (Å²) in [5.41, 5.74) is 0. The van der Waals surface area contributed by atoms with Crippen molar-refractivity contribution in [3.05, 3.63) is 0 Å². The average Bonchev–Trinajstić information content (AvgIpc) is 2.03. The zero-order valence-corrected chi connectivity index (χ0v) is 7.60. The normalized spacial score (nSPS) is 25.3. The fraction of sp³-hybridized carbons (Fsp3) is 0.875. The first-order valence-corrected chi connectivity index (χ1v) is 4.61. The fourth-order valence-electron chi connectivity index (χ4n) is 1.50. The van der Waals surface area contributed by atoms with Crippen LogP contribution in [0.1, 0.15) is 19.8 Å². The first-order valence-electron chi connectivity index (χ1n) is 4.07.